The third-order valence-corrected chi connectivity index (χ3v) is 7.00. The van der Waals surface area contributed by atoms with E-state index in [2.05, 4.69) is 34.9 Å². The highest BCUT2D eigenvalue weighted by atomic mass is 16.5. The third kappa shape index (κ3) is 4.83. The van der Waals surface area contributed by atoms with Crippen LogP contribution < -0.4 is 10.6 Å². The van der Waals surface area contributed by atoms with Gasteiger partial charge >= 0.3 is 12.1 Å². The molecule has 7 heteroatoms. The number of hydrogen-bond acceptors (Lipinski definition) is 4. The molecule has 0 spiro atoms. The second kappa shape index (κ2) is 10.1. The fourth-order valence-corrected chi connectivity index (χ4v) is 5.13. The zero-order valence-corrected chi connectivity index (χ0v) is 19.3. The van der Waals surface area contributed by atoms with Crippen molar-refractivity contribution in [3.63, 3.8) is 0 Å². The maximum Gasteiger partial charge on any atom is 0.407 e. The largest absolute Gasteiger partial charge is 0.478 e. The molecule has 2 unspecified atom stereocenters. The average Bonchev–Trinajstić information content (AvgIpc) is 3.15. The number of nitrogens with one attached hydrogen (secondary N) is 2. The van der Waals surface area contributed by atoms with E-state index in [0.717, 1.165) is 30.0 Å². The molecule has 2 amide bonds. The molecule has 1 saturated carbocycles. The SMILES string of the molecule is CC1(C(=O)NC/C=C/C(=O)O)CCCCC1NC(=O)OCC1c2ccccc2-c2ccccc21. The number of hydrogen-bond donors (Lipinski definition) is 3. The summed E-state index contributed by atoms with van der Waals surface area (Å²) in [5, 5.41) is 14.4. The highest BCUT2D eigenvalue weighted by Gasteiger charge is 2.44. The van der Waals surface area contributed by atoms with Crippen molar-refractivity contribution in [1.29, 1.82) is 0 Å². The first kappa shape index (κ1) is 23.5. The van der Waals surface area contributed by atoms with Crippen LogP contribution in [0.4, 0.5) is 4.79 Å². The number of carboxylic acids is 1. The predicted molar refractivity (Wildman–Crippen MR) is 128 cm³/mol. The molecule has 1 fully saturated rings. The first-order valence-electron chi connectivity index (χ1n) is 11.7. The molecule has 2 aromatic carbocycles. The number of amides is 2. The van der Waals surface area contributed by atoms with Crippen LogP contribution in [0.25, 0.3) is 11.1 Å². The van der Waals surface area contributed by atoms with E-state index in [0.29, 0.717) is 12.8 Å². The molecule has 3 N–H and O–H groups in total. The molecule has 0 aromatic heterocycles. The van der Waals surface area contributed by atoms with Crippen LogP contribution in [-0.2, 0) is 14.3 Å². The Hall–Kier alpha value is -3.61. The summed E-state index contributed by atoms with van der Waals surface area (Å²) in [7, 11) is 0. The molecule has 4 rings (SSSR count). The number of ether oxygens (including phenoxy) is 1. The van der Waals surface area contributed by atoms with Gasteiger partial charge in [-0.1, -0.05) is 67.4 Å². The number of carbonyl (C=O) groups excluding carboxylic acids is 2. The monoisotopic (exact) mass is 462 g/mol. The summed E-state index contributed by atoms with van der Waals surface area (Å²) in [6.07, 6.45) is 4.97. The van der Waals surface area contributed by atoms with Gasteiger partial charge in [0.05, 0.1) is 5.41 Å². The normalized spacial score (nSPS) is 21.5. The van der Waals surface area contributed by atoms with Gasteiger partial charge in [-0.25, -0.2) is 9.59 Å². The van der Waals surface area contributed by atoms with Gasteiger partial charge in [-0.3, -0.25) is 4.79 Å². The number of carbonyl (C=O) groups is 3. The van der Waals surface area contributed by atoms with Gasteiger partial charge in [-0.05, 0) is 42.0 Å². The number of alkyl carbamates (subject to hydrolysis) is 1. The Kier molecular flexibility index (Phi) is 7.01. The fourth-order valence-electron chi connectivity index (χ4n) is 5.13. The molecule has 34 heavy (non-hydrogen) atoms. The van der Waals surface area contributed by atoms with Crippen molar-refractivity contribution in [2.24, 2.45) is 5.41 Å². The van der Waals surface area contributed by atoms with Crippen molar-refractivity contribution in [2.75, 3.05) is 13.2 Å². The zero-order chi connectivity index (χ0) is 24.1. The lowest BCUT2D eigenvalue weighted by Gasteiger charge is -2.40. The van der Waals surface area contributed by atoms with Crippen LogP contribution in [-0.4, -0.2) is 42.3 Å². The van der Waals surface area contributed by atoms with Gasteiger partial charge in [0, 0.05) is 24.6 Å². The molecule has 2 atom stereocenters. The highest BCUT2D eigenvalue weighted by molar-refractivity contribution is 5.85. The van der Waals surface area contributed by atoms with Crippen molar-refractivity contribution in [2.45, 2.75) is 44.6 Å². The summed E-state index contributed by atoms with van der Waals surface area (Å²) in [6, 6.07) is 16.0. The molecule has 0 saturated heterocycles. The van der Waals surface area contributed by atoms with Crippen molar-refractivity contribution in [3.05, 3.63) is 71.8 Å². The van der Waals surface area contributed by atoms with E-state index in [4.69, 9.17) is 9.84 Å². The van der Waals surface area contributed by atoms with Gasteiger partial charge in [0.2, 0.25) is 5.91 Å². The lowest BCUT2D eigenvalue weighted by molar-refractivity contribution is -0.133. The smallest absolute Gasteiger partial charge is 0.407 e. The molecule has 2 aromatic rings. The molecule has 2 aliphatic rings. The second-order valence-corrected chi connectivity index (χ2v) is 9.14. The van der Waals surface area contributed by atoms with Crippen LogP contribution in [0, 0.1) is 5.41 Å². The van der Waals surface area contributed by atoms with Gasteiger partial charge < -0.3 is 20.5 Å². The van der Waals surface area contributed by atoms with Crippen molar-refractivity contribution >= 4 is 18.0 Å². The van der Waals surface area contributed by atoms with E-state index in [9.17, 15) is 14.4 Å². The van der Waals surface area contributed by atoms with Crippen LogP contribution >= 0.6 is 0 Å². The molecule has 0 radical (unpaired) electrons. The van der Waals surface area contributed by atoms with Crippen LogP contribution in [0.15, 0.2) is 60.7 Å². The predicted octanol–water partition coefficient (Wildman–Crippen LogP) is 4.23. The highest BCUT2D eigenvalue weighted by Crippen LogP contribution is 2.44. The van der Waals surface area contributed by atoms with E-state index in [-0.39, 0.29) is 31.0 Å². The van der Waals surface area contributed by atoms with Crippen LogP contribution in [0.5, 0.6) is 0 Å². The minimum absolute atomic E-state index is 0.0276. The molecule has 2 aliphatic carbocycles. The van der Waals surface area contributed by atoms with E-state index < -0.39 is 17.5 Å². The van der Waals surface area contributed by atoms with Gasteiger partial charge in [0.1, 0.15) is 6.61 Å². The summed E-state index contributed by atoms with van der Waals surface area (Å²) in [6.45, 7) is 2.19. The number of benzene rings is 2. The Morgan fingerprint density at radius 2 is 1.71 bits per heavy atom. The van der Waals surface area contributed by atoms with Crippen LogP contribution in [0.1, 0.15) is 49.7 Å². The molecular formula is C27H30N2O5. The maximum atomic E-state index is 12.9. The second-order valence-electron chi connectivity index (χ2n) is 9.14. The van der Waals surface area contributed by atoms with E-state index in [1.165, 1.54) is 17.2 Å². The molecule has 0 heterocycles. The summed E-state index contributed by atoms with van der Waals surface area (Å²) < 4.78 is 5.68. The molecule has 7 nitrogen and oxygen atoms in total. The fraction of sp³-hybridized carbons (Fsp3) is 0.370. The van der Waals surface area contributed by atoms with Gasteiger partial charge in [0.15, 0.2) is 0 Å². The molecule has 178 valence electrons. The van der Waals surface area contributed by atoms with Crippen LogP contribution in [0.2, 0.25) is 0 Å². The maximum absolute atomic E-state index is 12.9. The quantitative estimate of drug-likeness (QED) is 0.534. The number of fused-ring (bicyclic) bond motifs is 3. The van der Waals surface area contributed by atoms with E-state index in [1.807, 2.05) is 31.2 Å². The van der Waals surface area contributed by atoms with Gasteiger partial charge in [-0.2, -0.15) is 0 Å². The first-order valence-corrected chi connectivity index (χ1v) is 11.7. The third-order valence-electron chi connectivity index (χ3n) is 7.00. The Labute approximate surface area is 199 Å². The van der Waals surface area contributed by atoms with Gasteiger partial charge in [0.25, 0.3) is 0 Å². The first-order chi connectivity index (χ1) is 16.4. The number of carboxylic acid groups (broad SMARTS) is 1. The Morgan fingerprint density at radius 1 is 1.06 bits per heavy atom. The van der Waals surface area contributed by atoms with Crippen molar-refractivity contribution in [1.82, 2.24) is 10.6 Å². The topological polar surface area (TPSA) is 105 Å². The lowest BCUT2D eigenvalue weighted by atomic mass is 9.71. The van der Waals surface area contributed by atoms with E-state index in [1.54, 1.807) is 0 Å². The molecule has 0 aliphatic heterocycles. The standard InChI is InChI=1S/C27H30N2O5/c1-27(25(32)28-16-8-14-24(30)31)15-7-6-13-23(27)29-26(33)34-17-22-20-11-4-2-9-18(20)19-10-3-5-12-21(19)22/h2-5,8-12,14,22-23H,6-7,13,15-17H2,1H3,(H,28,32)(H,29,33)(H,30,31)/b14-8+. The van der Waals surface area contributed by atoms with Crippen LogP contribution in [0.3, 0.4) is 0 Å². The molecular weight excluding hydrogens is 432 g/mol. The van der Waals surface area contributed by atoms with Crippen molar-refractivity contribution in [3.8, 4) is 11.1 Å². The van der Waals surface area contributed by atoms with E-state index >= 15 is 0 Å². The number of aliphatic carboxylic acids is 1. The Morgan fingerprint density at radius 3 is 2.35 bits per heavy atom. The van der Waals surface area contributed by atoms with Gasteiger partial charge in [-0.15, -0.1) is 0 Å². The minimum Gasteiger partial charge on any atom is -0.478 e. The zero-order valence-electron chi connectivity index (χ0n) is 19.3. The summed E-state index contributed by atoms with van der Waals surface area (Å²) in [5.74, 6) is -1.29. The Balaban J connectivity index is 1.39. The summed E-state index contributed by atoms with van der Waals surface area (Å²) in [4.78, 5) is 36.3. The Bertz CT molecular complexity index is 1070. The lowest BCUT2D eigenvalue weighted by Crippen LogP contribution is -2.55. The summed E-state index contributed by atoms with van der Waals surface area (Å²) in [5.41, 5.74) is 3.84. The number of rotatable bonds is 7. The van der Waals surface area contributed by atoms with Crippen molar-refractivity contribution < 1.29 is 24.2 Å². The average molecular weight is 463 g/mol. The summed E-state index contributed by atoms with van der Waals surface area (Å²) >= 11 is 0. The molecule has 0 bridgehead atoms. The minimum atomic E-state index is -1.06.